The van der Waals surface area contributed by atoms with E-state index in [1.807, 2.05) is 24.3 Å². The monoisotopic (exact) mass is 281 g/mol. The van der Waals surface area contributed by atoms with E-state index in [2.05, 4.69) is 36.5 Å². The topological polar surface area (TPSA) is 38.3 Å². The second-order valence-corrected chi connectivity index (χ2v) is 5.63. The van der Waals surface area contributed by atoms with Crippen LogP contribution in [0.5, 0.6) is 5.75 Å². The van der Waals surface area contributed by atoms with Gasteiger partial charge in [-0.3, -0.25) is 4.79 Å². The van der Waals surface area contributed by atoms with E-state index in [1.165, 1.54) is 5.56 Å². The predicted octanol–water partition coefficient (Wildman–Crippen LogP) is 3.67. The molecule has 0 aliphatic heterocycles. The molecule has 1 aliphatic rings. The number of anilines is 1. The summed E-state index contributed by atoms with van der Waals surface area (Å²) in [6, 6.07) is 15.7. The molecular weight excluding hydrogens is 262 g/mol. The van der Waals surface area contributed by atoms with E-state index < -0.39 is 0 Å². The molecule has 1 saturated carbocycles. The van der Waals surface area contributed by atoms with Crippen molar-refractivity contribution in [2.75, 3.05) is 12.4 Å². The summed E-state index contributed by atoms with van der Waals surface area (Å²) in [5.74, 6) is 0.865. The second kappa shape index (κ2) is 5.24. The lowest BCUT2D eigenvalue weighted by molar-refractivity contribution is -0.118. The normalized spacial score (nSPS) is 15.3. The summed E-state index contributed by atoms with van der Waals surface area (Å²) in [4.78, 5) is 12.6. The van der Waals surface area contributed by atoms with E-state index in [0.717, 1.165) is 29.8 Å². The molecule has 1 amide bonds. The molecule has 1 fully saturated rings. The molecule has 0 atom stereocenters. The largest absolute Gasteiger partial charge is 0.497 e. The lowest BCUT2D eigenvalue weighted by Crippen LogP contribution is -2.27. The van der Waals surface area contributed by atoms with Gasteiger partial charge in [-0.1, -0.05) is 29.8 Å². The summed E-state index contributed by atoms with van der Waals surface area (Å²) in [6.45, 7) is 2.06. The van der Waals surface area contributed by atoms with Crippen molar-refractivity contribution in [2.45, 2.75) is 25.2 Å². The van der Waals surface area contributed by atoms with Gasteiger partial charge in [0.2, 0.25) is 5.91 Å². The number of methoxy groups -OCH3 is 1. The van der Waals surface area contributed by atoms with Crippen molar-refractivity contribution >= 4 is 11.6 Å². The fourth-order valence-corrected chi connectivity index (χ4v) is 2.57. The highest BCUT2D eigenvalue weighted by Gasteiger charge is 2.51. The van der Waals surface area contributed by atoms with Crippen LogP contribution >= 0.6 is 0 Å². The van der Waals surface area contributed by atoms with Crippen LogP contribution in [0.3, 0.4) is 0 Å². The molecule has 0 bridgehead atoms. The third kappa shape index (κ3) is 2.64. The maximum absolute atomic E-state index is 12.6. The van der Waals surface area contributed by atoms with Gasteiger partial charge in [-0.05, 0) is 49.6 Å². The first kappa shape index (κ1) is 13.7. The standard InChI is InChI=1S/C18H19NO2/c1-13-3-5-14(6-4-13)18(11-12-18)17(20)19-15-7-9-16(21-2)10-8-15/h3-10H,11-12H2,1-2H3,(H,19,20). The maximum Gasteiger partial charge on any atom is 0.235 e. The van der Waals surface area contributed by atoms with Gasteiger partial charge in [-0.25, -0.2) is 0 Å². The Balaban J connectivity index is 1.76. The van der Waals surface area contributed by atoms with Crippen molar-refractivity contribution in [3.63, 3.8) is 0 Å². The van der Waals surface area contributed by atoms with Gasteiger partial charge in [-0.15, -0.1) is 0 Å². The summed E-state index contributed by atoms with van der Waals surface area (Å²) < 4.78 is 5.12. The summed E-state index contributed by atoms with van der Waals surface area (Å²) in [5, 5.41) is 3.01. The molecule has 3 nitrogen and oxygen atoms in total. The first-order valence-electron chi connectivity index (χ1n) is 7.17. The number of ether oxygens (including phenoxy) is 1. The van der Waals surface area contributed by atoms with Crippen LogP contribution in [0, 0.1) is 6.92 Å². The van der Waals surface area contributed by atoms with E-state index in [9.17, 15) is 4.79 Å². The molecule has 0 spiro atoms. The zero-order valence-electron chi connectivity index (χ0n) is 12.3. The van der Waals surface area contributed by atoms with Gasteiger partial charge >= 0.3 is 0 Å². The number of carbonyl (C=O) groups is 1. The minimum atomic E-state index is -0.340. The van der Waals surface area contributed by atoms with Crippen LogP contribution in [0.2, 0.25) is 0 Å². The number of nitrogens with one attached hydrogen (secondary N) is 1. The summed E-state index contributed by atoms with van der Waals surface area (Å²) in [6.07, 6.45) is 1.83. The molecule has 0 unspecified atom stereocenters. The summed E-state index contributed by atoms with van der Waals surface area (Å²) in [7, 11) is 1.63. The van der Waals surface area contributed by atoms with Crippen LogP contribution in [0.4, 0.5) is 5.69 Å². The van der Waals surface area contributed by atoms with Crippen LogP contribution in [-0.2, 0) is 10.2 Å². The SMILES string of the molecule is COc1ccc(NC(=O)C2(c3ccc(C)cc3)CC2)cc1. The third-order valence-corrected chi connectivity index (χ3v) is 4.14. The number of hydrogen-bond donors (Lipinski definition) is 1. The number of benzene rings is 2. The molecule has 1 aliphatic carbocycles. The molecule has 2 aromatic rings. The summed E-state index contributed by atoms with van der Waals surface area (Å²) in [5.41, 5.74) is 2.79. The van der Waals surface area contributed by atoms with Crippen molar-refractivity contribution in [3.05, 3.63) is 59.7 Å². The van der Waals surface area contributed by atoms with Gasteiger partial charge < -0.3 is 10.1 Å². The number of aryl methyl sites for hydroxylation is 1. The van der Waals surface area contributed by atoms with Gasteiger partial charge in [0.1, 0.15) is 5.75 Å². The molecule has 1 N–H and O–H groups in total. The highest BCUT2D eigenvalue weighted by atomic mass is 16.5. The zero-order valence-corrected chi connectivity index (χ0v) is 12.3. The number of amides is 1. The van der Waals surface area contributed by atoms with Crippen LogP contribution in [-0.4, -0.2) is 13.0 Å². The van der Waals surface area contributed by atoms with Crippen molar-refractivity contribution in [1.82, 2.24) is 0 Å². The molecule has 2 aromatic carbocycles. The number of hydrogen-bond acceptors (Lipinski definition) is 2. The first-order valence-corrected chi connectivity index (χ1v) is 7.17. The highest BCUT2D eigenvalue weighted by Crippen LogP contribution is 2.49. The van der Waals surface area contributed by atoms with Gasteiger partial charge in [-0.2, -0.15) is 0 Å². The van der Waals surface area contributed by atoms with Gasteiger partial charge in [0, 0.05) is 5.69 Å². The number of carbonyl (C=O) groups excluding carboxylic acids is 1. The molecule has 3 heteroatoms. The smallest absolute Gasteiger partial charge is 0.235 e. The zero-order chi connectivity index (χ0) is 14.9. The molecule has 108 valence electrons. The van der Waals surface area contributed by atoms with Gasteiger partial charge in [0.15, 0.2) is 0 Å². The van der Waals surface area contributed by atoms with Crippen LogP contribution in [0.25, 0.3) is 0 Å². The Morgan fingerprint density at radius 2 is 1.67 bits per heavy atom. The molecular formula is C18H19NO2. The lowest BCUT2D eigenvalue weighted by Gasteiger charge is -2.16. The third-order valence-electron chi connectivity index (χ3n) is 4.14. The fourth-order valence-electron chi connectivity index (χ4n) is 2.57. The first-order chi connectivity index (χ1) is 10.1. The van der Waals surface area contributed by atoms with E-state index in [0.29, 0.717) is 0 Å². The molecule has 0 heterocycles. The Morgan fingerprint density at radius 1 is 1.05 bits per heavy atom. The Hall–Kier alpha value is -2.29. The van der Waals surface area contributed by atoms with E-state index in [-0.39, 0.29) is 11.3 Å². The van der Waals surface area contributed by atoms with Crippen LogP contribution in [0.1, 0.15) is 24.0 Å². The van der Waals surface area contributed by atoms with Crippen LogP contribution < -0.4 is 10.1 Å². The molecule has 3 rings (SSSR count). The minimum Gasteiger partial charge on any atom is -0.497 e. The Bertz CT molecular complexity index is 640. The van der Waals surface area contributed by atoms with Crippen molar-refractivity contribution in [1.29, 1.82) is 0 Å². The van der Waals surface area contributed by atoms with Crippen molar-refractivity contribution < 1.29 is 9.53 Å². The molecule has 21 heavy (non-hydrogen) atoms. The maximum atomic E-state index is 12.6. The van der Waals surface area contributed by atoms with Crippen LogP contribution in [0.15, 0.2) is 48.5 Å². The highest BCUT2D eigenvalue weighted by molar-refractivity contribution is 6.01. The summed E-state index contributed by atoms with van der Waals surface area (Å²) >= 11 is 0. The predicted molar refractivity (Wildman–Crippen MR) is 83.7 cm³/mol. The van der Waals surface area contributed by atoms with Crippen molar-refractivity contribution in [2.24, 2.45) is 0 Å². The van der Waals surface area contributed by atoms with E-state index >= 15 is 0 Å². The molecule has 0 radical (unpaired) electrons. The minimum absolute atomic E-state index is 0.0801. The second-order valence-electron chi connectivity index (χ2n) is 5.63. The lowest BCUT2D eigenvalue weighted by atomic mass is 9.94. The average molecular weight is 281 g/mol. The van der Waals surface area contributed by atoms with Crippen molar-refractivity contribution in [3.8, 4) is 5.75 Å². The Labute approximate surface area is 124 Å². The van der Waals surface area contributed by atoms with Gasteiger partial charge in [0.05, 0.1) is 12.5 Å². The Morgan fingerprint density at radius 3 is 2.19 bits per heavy atom. The quantitative estimate of drug-likeness (QED) is 0.928. The molecule has 0 aromatic heterocycles. The van der Waals surface area contributed by atoms with E-state index in [4.69, 9.17) is 4.74 Å². The van der Waals surface area contributed by atoms with E-state index in [1.54, 1.807) is 7.11 Å². The Kier molecular flexibility index (Phi) is 3.42. The molecule has 0 saturated heterocycles. The fraction of sp³-hybridized carbons (Fsp3) is 0.278. The average Bonchev–Trinajstić information content (AvgIpc) is 3.30. The van der Waals surface area contributed by atoms with Gasteiger partial charge in [0.25, 0.3) is 0 Å². The number of rotatable bonds is 4.